The van der Waals surface area contributed by atoms with Crippen LogP contribution in [0.3, 0.4) is 0 Å². The number of carbonyl (C=O) groups is 1. The smallest absolute Gasteiger partial charge is 0.221 e. The SMILES string of the molecule is CCCCc1ccccc1.NNC=O. The molecule has 0 aromatic heterocycles. The topological polar surface area (TPSA) is 55.1 Å². The summed E-state index contributed by atoms with van der Waals surface area (Å²) in [6.07, 6.45) is 4.23. The molecule has 1 aromatic rings. The first-order valence-electron chi connectivity index (χ1n) is 4.78. The lowest BCUT2D eigenvalue weighted by Crippen LogP contribution is -2.18. The van der Waals surface area contributed by atoms with Gasteiger partial charge >= 0.3 is 0 Å². The number of amides is 1. The highest BCUT2D eigenvalue weighted by Crippen LogP contribution is 2.03. The molecule has 1 amide bonds. The molecule has 0 saturated heterocycles. The number of rotatable bonds is 4. The van der Waals surface area contributed by atoms with Crippen LogP contribution < -0.4 is 11.3 Å². The molecule has 0 radical (unpaired) electrons. The van der Waals surface area contributed by atoms with Gasteiger partial charge in [0.25, 0.3) is 0 Å². The van der Waals surface area contributed by atoms with E-state index in [-0.39, 0.29) is 0 Å². The highest BCUT2D eigenvalue weighted by molar-refractivity contribution is 5.44. The maximum Gasteiger partial charge on any atom is 0.221 e. The van der Waals surface area contributed by atoms with Gasteiger partial charge in [-0.25, -0.2) is 5.84 Å². The normalized spacial score (nSPS) is 8.43. The van der Waals surface area contributed by atoms with Gasteiger partial charge in [-0.2, -0.15) is 0 Å². The molecule has 3 N–H and O–H groups in total. The Balaban J connectivity index is 0.000000364. The van der Waals surface area contributed by atoms with Crippen molar-refractivity contribution in [1.29, 1.82) is 0 Å². The Labute approximate surface area is 85.3 Å². The molecule has 0 bridgehead atoms. The second kappa shape index (κ2) is 9.74. The third-order valence-corrected chi connectivity index (χ3v) is 1.73. The lowest BCUT2D eigenvalue weighted by atomic mass is 10.1. The fourth-order valence-corrected chi connectivity index (χ4v) is 1.03. The van der Waals surface area contributed by atoms with Gasteiger partial charge in [-0.1, -0.05) is 43.7 Å². The van der Waals surface area contributed by atoms with Gasteiger partial charge in [0.15, 0.2) is 0 Å². The number of unbranched alkanes of at least 4 members (excludes halogenated alkanes) is 1. The number of nitrogens with one attached hydrogen (secondary N) is 1. The highest BCUT2D eigenvalue weighted by atomic mass is 16.1. The van der Waals surface area contributed by atoms with Crippen molar-refractivity contribution in [1.82, 2.24) is 5.43 Å². The van der Waals surface area contributed by atoms with Crippen molar-refractivity contribution in [3.8, 4) is 0 Å². The van der Waals surface area contributed by atoms with Gasteiger partial charge < -0.3 is 0 Å². The molecule has 0 saturated carbocycles. The van der Waals surface area contributed by atoms with Crippen LogP contribution >= 0.6 is 0 Å². The summed E-state index contributed by atoms with van der Waals surface area (Å²) in [5.74, 6) is 4.41. The molecule has 0 spiro atoms. The van der Waals surface area contributed by atoms with Crippen LogP contribution in [-0.4, -0.2) is 6.41 Å². The molecule has 0 unspecified atom stereocenters. The molecule has 0 aliphatic carbocycles. The van der Waals surface area contributed by atoms with Crippen molar-refractivity contribution in [3.63, 3.8) is 0 Å². The van der Waals surface area contributed by atoms with Crippen LogP contribution in [0, 0.1) is 0 Å². The van der Waals surface area contributed by atoms with Gasteiger partial charge in [-0.3, -0.25) is 10.2 Å². The summed E-state index contributed by atoms with van der Waals surface area (Å²) < 4.78 is 0. The molecule has 3 heteroatoms. The molecule has 0 atom stereocenters. The minimum atomic E-state index is 0.403. The van der Waals surface area contributed by atoms with Crippen molar-refractivity contribution in [2.24, 2.45) is 5.84 Å². The molecule has 0 heterocycles. The van der Waals surface area contributed by atoms with E-state index in [0.717, 1.165) is 0 Å². The standard InChI is InChI=1S/C10H14.CH4N2O/c1-2-3-7-10-8-5-4-6-9-10;2-3-1-4/h4-6,8-9H,2-3,7H2,1H3;1H,2H2,(H,3,4). The monoisotopic (exact) mass is 194 g/mol. The zero-order valence-corrected chi connectivity index (χ0v) is 8.57. The second-order valence-corrected chi connectivity index (χ2v) is 2.87. The second-order valence-electron chi connectivity index (χ2n) is 2.87. The predicted octanol–water partition coefficient (Wildman–Crippen LogP) is 1.64. The van der Waals surface area contributed by atoms with E-state index in [1.807, 2.05) is 0 Å². The first kappa shape index (κ1) is 12.7. The van der Waals surface area contributed by atoms with Crippen LogP contribution in [0.25, 0.3) is 0 Å². The maximum atomic E-state index is 8.94. The molecule has 1 rings (SSSR count). The highest BCUT2D eigenvalue weighted by Gasteiger charge is 1.87. The Morgan fingerprint density at radius 2 is 1.93 bits per heavy atom. The molecule has 3 nitrogen and oxygen atoms in total. The zero-order valence-electron chi connectivity index (χ0n) is 8.57. The van der Waals surface area contributed by atoms with Gasteiger partial charge in [0.1, 0.15) is 0 Å². The van der Waals surface area contributed by atoms with Gasteiger partial charge in [-0.05, 0) is 18.4 Å². The van der Waals surface area contributed by atoms with Crippen LogP contribution in [0.5, 0.6) is 0 Å². The Bertz CT molecular complexity index is 224. The fourth-order valence-electron chi connectivity index (χ4n) is 1.03. The molecule has 0 aliphatic rings. The quantitative estimate of drug-likeness (QED) is 0.331. The minimum absolute atomic E-state index is 0.403. The first-order valence-corrected chi connectivity index (χ1v) is 4.78. The van der Waals surface area contributed by atoms with Crippen molar-refractivity contribution in [2.45, 2.75) is 26.2 Å². The lowest BCUT2D eigenvalue weighted by Gasteiger charge is -1.96. The Kier molecular flexibility index (Phi) is 8.80. The van der Waals surface area contributed by atoms with Crippen LogP contribution in [-0.2, 0) is 11.2 Å². The Morgan fingerprint density at radius 3 is 2.36 bits per heavy atom. The van der Waals surface area contributed by atoms with E-state index in [4.69, 9.17) is 4.79 Å². The van der Waals surface area contributed by atoms with Gasteiger partial charge in [0, 0.05) is 0 Å². The summed E-state index contributed by atoms with van der Waals surface area (Å²) in [7, 11) is 0. The molecule has 14 heavy (non-hydrogen) atoms. The number of hydrazine groups is 1. The van der Waals surface area contributed by atoms with E-state index >= 15 is 0 Å². The third kappa shape index (κ3) is 7.31. The molecular weight excluding hydrogens is 176 g/mol. The van der Waals surface area contributed by atoms with Gasteiger partial charge in [0.05, 0.1) is 0 Å². The van der Waals surface area contributed by atoms with E-state index < -0.39 is 0 Å². The van der Waals surface area contributed by atoms with Gasteiger partial charge in [-0.15, -0.1) is 0 Å². The van der Waals surface area contributed by atoms with E-state index in [1.54, 1.807) is 5.43 Å². The number of carbonyl (C=O) groups excluding carboxylic acids is 1. The molecule has 1 aromatic carbocycles. The summed E-state index contributed by atoms with van der Waals surface area (Å²) in [4.78, 5) is 8.94. The first-order chi connectivity index (χ1) is 6.85. The largest absolute Gasteiger partial charge is 0.297 e. The average molecular weight is 194 g/mol. The molecule has 78 valence electrons. The number of nitrogens with two attached hydrogens (primary N) is 1. The maximum absolute atomic E-state index is 8.94. The predicted molar refractivity (Wildman–Crippen MR) is 58.4 cm³/mol. The number of hydrogen-bond donors (Lipinski definition) is 2. The minimum Gasteiger partial charge on any atom is -0.297 e. The van der Waals surface area contributed by atoms with E-state index in [2.05, 4.69) is 43.1 Å². The summed E-state index contributed by atoms with van der Waals surface area (Å²) in [5, 5.41) is 0. The van der Waals surface area contributed by atoms with Crippen LogP contribution in [0.1, 0.15) is 25.3 Å². The van der Waals surface area contributed by atoms with Crippen LogP contribution in [0.4, 0.5) is 0 Å². The Morgan fingerprint density at radius 1 is 1.36 bits per heavy atom. The Hall–Kier alpha value is -1.35. The summed E-state index contributed by atoms with van der Waals surface area (Å²) in [5.41, 5.74) is 3.21. The molecular formula is C11H18N2O. The van der Waals surface area contributed by atoms with Crippen molar-refractivity contribution in [2.75, 3.05) is 0 Å². The van der Waals surface area contributed by atoms with E-state index in [1.165, 1.54) is 24.8 Å². The lowest BCUT2D eigenvalue weighted by molar-refractivity contribution is -0.109. The average Bonchev–Trinajstić information content (AvgIpc) is 2.28. The van der Waals surface area contributed by atoms with E-state index in [0.29, 0.717) is 6.41 Å². The van der Waals surface area contributed by atoms with Crippen molar-refractivity contribution < 1.29 is 4.79 Å². The van der Waals surface area contributed by atoms with Gasteiger partial charge in [0.2, 0.25) is 6.41 Å². The van der Waals surface area contributed by atoms with Crippen molar-refractivity contribution >= 4 is 6.41 Å². The van der Waals surface area contributed by atoms with Crippen molar-refractivity contribution in [3.05, 3.63) is 35.9 Å². The third-order valence-electron chi connectivity index (χ3n) is 1.73. The summed E-state index contributed by atoms with van der Waals surface area (Å²) in [6, 6.07) is 10.6. The number of aryl methyl sites for hydroxylation is 1. The summed E-state index contributed by atoms with van der Waals surface area (Å²) >= 11 is 0. The number of hydrogen-bond acceptors (Lipinski definition) is 2. The van der Waals surface area contributed by atoms with Crippen LogP contribution in [0.15, 0.2) is 30.3 Å². The van der Waals surface area contributed by atoms with E-state index in [9.17, 15) is 0 Å². The van der Waals surface area contributed by atoms with Crippen LogP contribution in [0.2, 0.25) is 0 Å². The number of benzene rings is 1. The summed E-state index contributed by atoms with van der Waals surface area (Å²) in [6.45, 7) is 2.23. The molecule has 0 fully saturated rings. The zero-order chi connectivity index (χ0) is 10.6. The molecule has 0 aliphatic heterocycles. The fraction of sp³-hybridized carbons (Fsp3) is 0.364.